The van der Waals surface area contributed by atoms with Gasteiger partial charge in [0.2, 0.25) is 5.91 Å². The lowest BCUT2D eigenvalue weighted by molar-refractivity contribution is -0.121. The number of carbonyl (C=O) groups excluding carboxylic acids is 1. The number of hydrogen-bond acceptors (Lipinski definition) is 5. The van der Waals surface area contributed by atoms with Gasteiger partial charge in [0.05, 0.1) is 19.4 Å². The van der Waals surface area contributed by atoms with Crippen LogP contribution in [0.25, 0.3) is 11.3 Å². The van der Waals surface area contributed by atoms with Crippen molar-refractivity contribution in [2.45, 2.75) is 25.9 Å². The van der Waals surface area contributed by atoms with E-state index in [9.17, 15) is 4.79 Å². The Labute approximate surface area is 129 Å². The van der Waals surface area contributed by atoms with Gasteiger partial charge in [0.1, 0.15) is 5.75 Å². The molecule has 2 N–H and O–H groups in total. The summed E-state index contributed by atoms with van der Waals surface area (Å²) in [5.41, 5.74) is 0.901. The molecule has 6 heteroatoms. The summed E-state index contributed by atoms with van der Waals surface area (Å²) in [6, 6.07) is 7.47. The number of nitrogens with zero attached hydrogens (tertiary/aromatic N) is 1. The van der Waals surface area contributed by atoms with Gasteiger partial charge < -0.3 is 19.6 Å². The minimum absolute atomic E-state index is 0.134. The highest BCUT2D eigenvalue weighted by Gasteiger charge is 2.09. The largest absolute Gasteiger partial charge is 0.497 e. The summed E-state index contributed by atoms with van der Waals surface area (Å²) in [5.74, 6) is 1.81. The summed E-state index contributed by atoms with van der Waals surface area (Å²) in [4.78, 5) is 15.7. The van der Waals surface area contributed by atoms with Gasteiger partial charge in [-0.25, -0.2) is 4.98 Å². The Kier molecular flexibility index (Phi) is 5.55. The lowest BCUT2D eigenvalue weighted by Gasteiger charge is -2.05. The second-order valence-electron chi connectivity index (χ2n) is 5.00. The van der Waals surface area contributed by atoms with Crippen LogP contribution in [0.1, 0.15) is 19.2 Å². The first-order valence-electron chi connectivity index (χ1n) is 7.12. The number of hydrogen-bond donors (Lipinski definition) is 2. The standard InChI is InChI=1S/C16H20N2O4/c1-11(19)9-17-15(20)7-8-16-18-10-14(22-16)12-3-5-13(21-2)6-4-12/h3-6,10-11,19H,7-9H2,1-2H3,(H,17,20). The van der Waals surface area contributed by atoms with Crippen LogP contribution >= 0.6 is 0 Å². The van der Waals surface area contributed by atoms with Gasteiger partial charge in [-0.15, -0.1) is 0 Å². The fourth-order valence-corrected chi connectivity index (χ4v) is 1.88. The number of oxazole rings is 1. The Bertz CT molecular complexity index is 605. The summed E-state index contributed by atoms with van der Waals surface area (Å²) in [7, 11) is 1.62. The molecular weight excluding hydrogens is 284 g/mol. The molecule has 0 bridgehead atoms. The van der Waals surface area contributed by atoms with Crippen molar-refractivity contribution in [1.29, 1.82) is 0 Å². The van der Waals surface area contributed by atoms with E-state index in [-0.39, 0.29) is 18.9 Å². The highest BCUT2D eigenvalue weighted by atomic mass is 16.5. The van der Waals surface area contributed by atoms with Crippen molar-refractivity contribution >= 4 is 5.91 Å². The summed E-state index contributed by atoms with van der Waals surface area (Å²) in [6.45, 7) is 1.87. The number of benzene rings is 1. The first-order chi connectivity index (χ1) is 10.6. The molecule has 0 aliphatic heterocycles. The van der Waals surface area contributed by atoms with Crippen LogP contribution in [0.2, 0.25) is 0 Å². The highest BCUT2D eigenvalue weighted by Crippen LogP contribution is 2.23. The van der Waals surface area contributed by atoms with Crippen molar-refractivity contribution in [2.75, 3.05) is 13.7 Å². The number of amides is 1. The van der Waals surface area contributed by atoms with E-state index in [0.29, 0.717) is 18.1 Å². The molecule has 0 aliphatic carbocycles. The van der Waals surface area contributed by atoms with Crippen molar-refractivity contribution in [1.82, 2.24) is 10.3 Å². The van der Waals surface area contributed by atoms with E-state index in [1.165, 1.54) is 0 Å². The predicted octanol–water partition coefficient (Wildman–Crippen LogP) is 1.78. The maximum Gasteiger partial charge on any atom is 0.220 e. The fraction of sp³-hybridized carbons (Fsp3) is 0.375. The average Bonchev–Trinajstić information content (AvgIpc) is 3.00. The molecule has 22 heavy (non-hydrogen) atoms. The lowest BCUT2D eigenvalue weighted by Crippen LogP contribution is -2.30. The number of aliphatic hydroxyl groups is 1. The van der Waals surface area contributed by atoms with Crippen LogP contribution in [0.15, 0.2) is 34.9 Å². The molecule has 0 saturated carbocycles. The maximum absolute atomic E-state index is 11.6. The molecule has 2 rings (SSSR count). The molecule has 0 saturated heterocycles. The Hall–Kier alpha value is -2.34. The molecule has 1 amide bonds. The molecule has 1 unspecified atom stereocenters. The SMILES string of the molecule is COc1ccc(-c2cnc(CCC(=O)NCC(C)O)o2)cc1. The highest BCUT2D eigenvalue weighted by molar-refractivity contribution is 5.76. The van der Waals surface area contributed by atoms with E-state index in [4.69, 9.17) is 14.3 Å². The number of nitrogens with one attached hydrogen (secondary N) is 1. The van der Waals surface area contributed by atoms with E-state index in [2.05, 4.69) is 10.3 Å². The van der Waals surface area contributed by atoms with Gasteiger partial charge in [-0.1, -0.05) is 0 Å². The minimum atomic E-state index is -0.549. The number of carbonyl (C=O) groups is 1. The Morgan fingerprint density at radius 2 is 2.14 bits per heavy atom. The minimum Gasteiger partial charge on any atom is -0.497 e. The quantitative estimate of drug-likeness (QED) is 0.814. The van der Waals surface area contributed by atoms with Gasteiger partial charge in [0, 0.05) is 24.9 Å². The summed E-state index contributed by atoms with van der Waals surface area (Å²) >= 11 is 0. The topological polar surface area (TPSA) is 84.6 Å². The second kappa shape index (κ2) is 7.61. The molecule has 2 aromatic rings. The predicted molar refractivity (Wildman–Crippen MR) is 81.5 cm³/mol. The third-order valence-corrected chi connectivity index (χ3v) is 3.09. The number of methoxy groups -OCH3 is 1. The fourth-order valence-electron chi connectivity index (χ4n) is 1.88. The maximum atomic E-state index is 11.6. The second-order valence-corrected chi connectivity index (χ2v) is 5.00. The monoisotopic (exact) mass is 304 g/mol. The molecule has 1 aromatic carbocycles. The molecule has 0 fully saturated rings. The molecule has 6 nitrogen and oxygen atoms in total. The lowest BCUT2D eigenvalue weighted by atomic mass is 10.2. The summed E-state index contributed by atoms with van der Waals surface area (Å²) in [6.07, 6.45) is 1.79. The van der Waals surface area contributed by atoms with E-state index in [1.54, 1.807) is 20.2 Å². The summed E-state index contributed by atoms with van der Waals surface area (Å²) in [5, 5.41) is 11.7. The summed E-state index contributed by atoms with van der Waals surface area (Å²) < 4.78 is 10.7. The van der Waals surface area contributed by atoms with Crippen molar-refractivity contribution in [2.24, 2.45) is 0 Å². The van der Waals surface area contributed by atoms with Crippen LogP contribution in [0.3, 0.4) is 0 Å². The van der Waals surface area contributed by atoms with E-state index >= 15 is 0 Å². The average molecular weight is 304 g/mol. The van der Waals surface area contributed by atoms with Gasteiger partial charge >= 0.3 is 0 Å². The molecular formula is C16H20N2O4. The number of aliphatic hydroxyl groups excluding tert-OH is 1. The van der Waals surface area contributed by atoms with E-state index in [1.807, 2.05) is 24.3 Å². The smallest absolute Gasteiger partial charge is 0.220 e. The zero-order valence-electron chi connectivity index (χ0n) is 12.7. The number of rotatable bonds is 7. The third-order valence-electron chi connectivity index (χ3n) is 3.09. The van der Waals surface area contributed by atoms with Crippen LogP contribution < -0.4 is 10.1 Å². The van der Waals surface area contributed by atoms with Gasteiger partial charge in [0.25, 0.3) is 0 Å². The molecule has 1 atom stereocenters. The molecule has 0 aliphatic rings. The zero-order valence-corrected chi connectivity index (χ0v) is 12.7. The van der Waals surface area contributed by atoms with Gasteiger partial charge in [-0.3, -0.25) is 4.79 Å². The molecule has 0 spiro atoms. The zero-order chi connectivity index (χ0) is 15.9. The van der Waals surface area contributed by atoms with Crippen LogP contribution in [-0.2, 0) is 11.2 Å². The Morgan fingerprint density at radius 1 is 1.41 bits per heavy atom. The first-order valence-corrected chi connectivity index (χ1v) is 7.12. The number of ether oxygens (including phenoxy) is 1. The normalized spacial score (nSPS) is 12.0. The Balaban J connectivity index is 1.89. The molecule has 118 valence electrons. The van der Waals surface area contributed by atoms with Gasteiger partial charge in [-0.05, 0) is 31.2 Å². The van der Waals surface area contributed by atoms with Crippen LogP contribution in [0, 0.1) is 0 Å². The van der Waals surface area contributed by atoms with Crippen LogP contribution in [0.5, 0.6) is 5.75 Å². The van der Waals surface area contributed by atoms with Gasteiger partial charge in [-0.2, -0.15) is 0 Å². The van der Waals surface area contributed by atoms with Crippen LogP contribution in [-0.4, -0.2) is 35.8 Å². The van der Waals surface area contributed by atoms with Crippen molar-refractivity contribution in [3.05, 3.63) is 36.4 Å². The van der Waals surface area contributed by atoms with Crippen LogP contribution in [0.4, 0.5) is 0 Å². The molecule has 0 radical (unpaired) electrons. The van der Waals surface area contributed by atoms with E-state index < -0.39 is 6.10 Å². The molecule has 1 aromatic heterocycles. The first kappa shape index (κ1) is 16.0. The van der Waals surface area contributed by atoms with Crippen molar-refractivity contribution < 1.29 is 19.1 Å². The van der Waals surface area contributed by atoms with Crippen molar-refractivity contribution in [3.8, 4) is 17.1 Å². The third kappa shape index (κ3) is 4.60. The molecule has 1 heterocycles. The van der Waals surface area contributed by atoms with E-state index in [0.717, 1.165) is 11.3 Å². The Morgan fingerprint density at radius 3 is 2.77 bits per heavy atom. The number of aromatic nitrogens is 1. The van der Waals surface area contributed by atoms with Crippen molar-refractivity contribution in [3.63, 3.8) is 0 Å². The number of aryl methyl sites for hydroxylation is 1. The van der Waals surface area contributed by atoms with Gasteiger partial charge in [0.15, 0.2) is 11.7 Å².